The summed E-state index contributed by atoms with van der Waals surface area (Å²) in [6.45, 7) is 2.61. The Bertz CT molecular complexity index is 1720. The molecule has 1 aliphatic heterocycles. The van der Waals surface area contributed by atoms with Crippen molar-refractivity contribution in [3.8, 4) is 22.3 Å². The van der Waals surface area contributed by atoms with Gasteiger partial charge in [0.25, 0.3) is 0 Å². The number of amides is 2. The van der Waals surface area contributed by atoms with E-state index in [1.165, 1.54) is 12.8 Å². The second-order valence-electron chi connectivity index (χ2n) is 13.4. The largest absolute Gasteiger partial charge is 0.497 e. The molecule has 3 aromatic rings. The van der Waals surface area contributed by atoms with E-state index in [0.717, 1.165) is 46.5 Å². The van der Waals surface area contributed by atoms with Crippen LogP contribution in [0.2, 0.25) is 0 Å². The first-order valence-electron chi connectivity index (χ1n) is 16.8. The van der Waals surface area contributed by atoms with Crippen LogP contribution >= 0.6 is 11.3 Å². The number of fused-ring (bicyclic) bond motifs is 3. The summed E-state index contributed by atoms with van der Waals surface area (Å²) in [4.78, 5) is 52.6. The highest BCUT2D eigenvalue weighted by molar-refractivity contribution is 7.13. The zero-order chi connectivity index (χ0) is 32.7. The number of allylic oxidation sites excluding steroid dienone is 1. The number of carbonyl (C=O) groups excluding carboxylic acids is 3. The first-order chi connectivity index (χ1) is 22.8. The van der Waals surface area contributed by atoms with Crippen LogP contribution in [0.1, 0.15) is 69.9 Å². The number of pyridine rings is 1. The van der Waals surface area contributed by atoms with Crippen LogP contribution in [0.4, 0.5) is 0 Å². The molecule has 4 aliphatic rings. The molecule has 3 aliphatic carbocycles. The van der Waals surface area contributed by atoms with Crippen molar-refractivity contribution < 1.29 is 28.6 Å². The van der Waals surface area contributed by atoms with Gasteiger partial charge < -0.3 is 24.4 Å². The highest BCUT2D eigenvalue weighted by atomic mass is 32.1. The predicted octanol–water partition coefficient (Wildman–Crippen LogP) is 5.65. The molecule has 3 heterocycles. The average Bonchev–Trinajstić information content (AvgIpc) is 3.94. The fourth-order valence-corrected chi connectivity index (χ4v) is 7.96. The van der Waals surface area contributed by atoms with E-state index in [-0.39, 0.29) is 24.3 Å². The van der Waals surface area contributed by atoms with Gasteiger partial charge in [0.05, 0.1) is 31.2 Å². The van der Waals surface area contributed by atoms with Gasteiger partial charge in [-0.25, -0.2) is 14.8 Å². The van der Waals surface area contributed by atoms with Gasteiger partial charge in [-0.2, -0.15) is 0 Å². The van der Waals surface area contributed by atoms with Gasteiger partial charge in [0, 0.05) is 36.2 Å². The van der Waals surface area contributed by atoms with Crippen molar-refractivity contribution in [2.75, 3.05) is 27.3 Å². The summed E-state index contributed by atoms with van der Waals surface area (Å²) in [6, 6.07) is 7.77. The van der Waals surface area contributed by atoms with Gasteiger partial charge in [0.2, 0.25) is 17.7 Å². The fraction of sp³-hybridized carbons (Fsp3) is 0.528. The standard InChI is InChI=1S/C36H42N4O6S/c1-4-45-35(43)36-19-23(36)9-7-5-6-8-14-40(2)34(42)28-18-25(17-27(28)31(41)39-36)46-32-26-13-12-24(44-3)15-22(26)16-29(37-32)33-38-30(20-47-33)21-10-11-21/h7,9,12-13,15-16,20-21,23,25,27-28H,4-6,8,10-11,14,17-19H2,1-3H3,(H,39,41)/b9-7-/t23-,25-,27-,28-,36-/m1/s1. The second kappa shape index (κ2) is 12.9. The molecule has 248 valence electrons. The smallest absolute Gasteiger partial charge is 0.332 e. The SMILES string of the molecule is CCOC(=O)[C@@]12C[C@H]1/C=C\CCCCN(C)C(=O)[C@@H]1C[C@H](Oc3nc(-c4nc(C5CC5)cs4)cc4cc(OC)ccc34)C[C@H]1C(=O)N2. The molecule has 7 rings (SSSR count). The maximum Gasteiger partial charge on any atom is 0.332 e. The lowest BCUT2D eigenvalue weighted by atomic mass is 9.93. The summed E-state index contributed by atoms with van der Waals surface area (Å²) in [7, 11) is 3.44. The molecule has 0 saturated heterocycles. The number of carbonyl (C=O) groups is 3. The minimum atomic E-state index is -1.09. The number of nitrogens with one attached hydrogen (secondary N) is 1. The molecule has 3 fully saturated rings. The Kier molecular flexibility index (Phi) is 8.67. The summed E-state index contributed by atoms with van der Waals surface area (Å²) in [5, 5.41) is 7.72. The van der Waals surface area contributed by atoms with Crippen molar-refractivity contribution in [2.24, 2.45) is 17.8 Å². The third kappa shape index (κ3) is 6.34. The molecule has 0 unspecified atom stereocenters. The summed E-state index contributed by atoms with van der Waals surface area (Å²) >= 11 is 1.58. The molecule has 2 amide bonds. The molecule has 5 atom stereocenters. The first-order valence-corrected chi connectivity index (χ1v) is 17.7. The van der Waals surface area contributed by atoms with Gasteiger partial charge in [-0.3, -0.25) is 9.59 Å². The van der Waals surface area contributed by atoms with Crippen molar-refractivity contribution in [3.05, 3.63) is 47.5 Å². The van der Waals surface area contributed by atoms with Crippen molar-refractivity contribution in [1.82, 2.24) is 20.2 Å². The number of hydrogen-bond donors (Lipinski definition) is 1. The number of esters is 1. The number of benzene rings is 1. The van der Waals surface area contributed by atoms with E-state index in [1.807, 2.05) is 30.3 Å². The van der Waals surface area contributed by atoms with Crippen molar-refractivity contribution in [2.45, 2.75) is 75.9 Å². The van der Waals surface area contributed by atoms with Crippen LogP contribution in [-0.2, 0) is 19.1 Å². The van der Waals surface area contributed by atoms with Gasteiger partial charge in [-0.1, -0.05) is 12.2 Å². The first kappa shape index (κ1) is 31.6. The van der Waals surface area contributed by atoms with Crippen LogP contribution in [0.25, 0.3) is 21.5 Å². The Hall–Kier alpha value is -3.99. The van der Waals surface area contributed by atoms with E-state index in [9.17, 15) is 14.4 Å². The summed E-state index contributed by atoms with van der Waals surface area (Å²) < 4.78 is 17.6. The monoisotopic (exact) mass is 658 g/mol. The van der Waals surface area contributed by atoms with Crippen LogP contribution in [0.3, 0.4) is 0 Å². The van der Waals surface area contributed by atoms with E-state index in [2.05, 4.69) is 16.8 Å². The van der Waals surface area contributed by atoms with Gasteiger partial charge in [0.15, 0.2) is 0 Å². The number of nitrogens with zero attached hydrogens (tertiary/aromatic N) is 3. The highest BCUT2D eigenvalue weighted by Crippen LogP contribution is 2.47. The molecule has 1 N–H and O–H groups in total. The summed E-state index contributed by atoms with van der Waals surface area (Å²) in [6.07, 6.45) is 9.82. The van der Waals surface area contributed by atoms with Gasteiger partial charge in [0.1, 0.15) is 28.1 Å². The number of ether oxygens (including phenoxy) is 3. The summed E-state index contributed by atoms with van der Waals surface area (Å²) in [5.41, 5.74) is 0.733. The van der Waals surface area contributed by atoms with Crippen LogP contribution in [-0.4, -0.2) is 71.6 Å². The molecule has 0 spiro atoms. The highest BCUT2D eigenvalue weighted by Gasteiger charge is 2.62. The second-order valence-corrected chi connectivity index (χ2v) is 14.2. The zero-order valence-corrected chi connectivity index (χ0v) is 28.0. The topological polar surface area (TPSA) is 120 Å². The van der Waals surface area contributed by atoms with E-state index in [1.54, 1.807) is 37.3 Å². The minimum absolute atomic E-state index is 0.0759. The molecule has 10 nitrogen and oxygen atoms in total. The molecular formula is C36H42N4O6S. The molecule has 2 aromatic heterocycles. The van der Waals surface area contributed by atoms with Crippen LogP contribution in [0.15, 0.2) is 41.8 Å². The van der Waals surface area contributed by atoms with E-state index >= 15 is 0 Å². The van der Waals surface area contributed by atoms with Crippen molar-refractivity contribution in [3.63, 3.8) is 0 Å². The number of thiazole rings is 1. The molecule has 0 bridgehead atoms. The minimum Gasteiger partial charge on any atom is -0.497 e. The van der Waals surface area contributed by atoms with Crippen LogP contribution in [0.5, 0.6) is 11.6 Å². The number of aromatic nitrogens is 2. The average molecular weight is 659 g/mol. The lowest BCUT2D eigenvalue weighted by Gasteiger charge is -2.26. The van der Waals surface area contributed by atoms with Crippen LogP contribution in [0, 0.1) is 17.8 Å². The number of hydrogen-bond acceptors (Lipinski definition) is 9. The van der Waals surface area contributed by atoms with Crippen LogP contribution < -0.4 is 14.8 Å². The Morgan fingerprint density at radius 2 is 1.96 bits per heavy atom. The van der Waals surface area contributed by atoms with E-state index in [4.69, 9.17) is 24.2 Å². The quantitative estimate of drug-likeness (QED) is 0.255. The Balaban J connectivity index is 1.20. The number of methoxy groups -OCH3 is 1. The molecule has 11 heteroatoms. The Morgan fingerprint density at radius 3 is 2.74 bits per heavy atom. The zero-order valence-electron chi connectivity index (χ0n) is 27.2. The molecule has 1 aromatic carbocycles. The molecule has 3 saturated carbocycles. The van der Waals surface area contributed by atoms with Crippen molar-refractivity contribution >= 4 is 39.9 Å². The number of rotatable bonds is 7. The third-order valence-electron chi connectivity index (χ3n) is 10.1. The normalized spacial score (nSPS) is 28.5. The molecule has 0 radical (unpaired) electrons. The fourth-order valence-electron chi connectivity index (χ4n) is 7.10. The molecule has 47 heavy (non-hydrogen) atoms. The lowest BCUT2D eigenvalue weighted by Crippen LogP contribution is -2.50. The molecular weight excluding hydrogens is 616 g/mol. The van der Waals surface area contributed by atoms with E-state index < -0.39 is 29.4 Å². The summed E-state index contributed by atoms with van der Waals surface area (Å²) in [5.74, 6) is -0.486. The Morgan fingerprint density at radius 1 is 1.13 bits per heavy atom. The predicted molar refractivity (Wildman–Crippen MR) is 178 cm³/mol. The van der Waals surface area contributed by atoms with Gasteiger partial charge in [-0.15, -0.1) is 11.3 Å². The lowest BCUT2D eigenvalue weighted by molar-refractivity contribution is -0.150. The maximum atomic E-state index is 14.0. The third-order valence-corrected chi connectivity index (χ3v) is 10.9. The maximum absolute atomic E-state index is 14.0. The van der Waals surface area contributed by atoms with Crippen molar-refractivity contribution in [1.29, 1.82) is 0 Å². The van der Waals surface area contributed by atoms with Gasteiger partial charge in [-0.05, 0) is 87.9 Å². The van der Waals surface area contributed by atoms with Gasteiger partial charge >= 0.3 is 5.97 Å². The van der Waals surface area contributed by atoms with E-state index in [0.29, 0.717) is 43.3 Å². The Labute approximate surface area is 278 Å².